The molecule has 1 aliphatic heterocycles. The minimum absolute atomic E-state index is 0.0923. The summed E-state index contributed by atoms with van der Waals surface area (Å²) in [5.41, 5.74) is 2.88. The Hall–Kier alpha value is -2.30. The van der Waals surface area contributed by atoms with E-state index in [9.17, 15) is 4.79 Å². The fourth-order valence-electron chi connectivity index (χ4n) is 3.27. The molecule has 1 aromatic carbocycles. The van der Waals surface area contributed by atoms with Crippen LogP contribution in [0.2, 0.25) is 0 Å². The van der Waals surface area contributed by atoms with E-state index in [4.69, 9.17) is 4.74 Å². The van der Waals surface area contributed by atoms with Crippen molar-refractivity contribution in [2.45, 2.75) is 39.7 Å². The Balaban J connectivity index is 1.73. The van der Waals surface area contributed by atoms with Crippen molar-refractivity contribution in [1.29, 1.82) is 0 Å². The smallest absolute Gasteiger partial charge is 0.253 e. The molecule has 0 spiro atoms. The molecule has 0 bridgehead atoms. The average Bonchev–Trinajstić information content (AvgIpc) is 3.03. The highest BCUT2D eigenvalue weighted by Gasteiger charge is 2.26. The van der Waals surface area contributed by atoms with Gasteiger partial charge >= 0.3 is 0 Å². The number of aryl methyl sites for hydroxylation is 2. The molecule has 2 heterocycles. The van der Waals surface area contributed by atoms with E-state index >= 15 is 0 Å². The molecule has 5 heteroatoms. The molecule has 1 aliphatic rings. The maximum atomic E-state index is 12.9. The second kappa shape index (κ2) is 7.07. The zero-order valence-electron chi connectivity index (χ0n) is 14.7. The Morgan fingerprint density at radius 3 is 2.88 bits per heavy atom. The summed E-state index contributed by atoms with van der Waals surface area (Å²) in [6.07, 6.45) is 5.99. The lowest BCUT2D eigenvalue weighted by molar-refractivity contribution is 0.0673. The fourth-order valence-corrected chi connectivity index (χ4v) is 3.27. The highest BCUT2D eigenvalue weighted by Crippen LogP contribution is 2.24. The lowest BCUT2D eigenvalue weighted by Crippen LogP contribution is -2.40. The van der Waals surface area contributed by atoms with E-state index in [0.717, 1.165) is 41.8 Å². The van der Waals surface area contributed by atoms with E-state index in [1.807, 2.05) is 54.7 Å². The van der Waals surface area contributed by atoms with Gasteiger partial charge in [0, 0.05) is 24.8 Å². The Morgan fingerprint density at radius 2 is 2.21 bits per heavy atom. The first-order chi connectivity index (χ1) is 11.6. The summed E-state index contributed by atoms with van der Waals surface area (Å²) in [6, 6.07) is 5.95. The largest absolute Gasteiger partial charge is 0.494 e. The molecular weight excluding hydrogens is 302 g/mol. The molecule has 128 valence electrons. The third-order valence-corrected chi connectivity index (χ3v) is 4.51. The Kier molecular flexibility index (Phi) is 4.88. The molecule has 0 aliphatic carbocycles. The summed E-state index contributed by atoms with van der Waals surface area (Å²) in [7, 11) is 0. The normalized spacial score (nSPS) is 17.8. The molecule has 3 rings (SSSR count). The molecule has 1 aromatic heterocycles. The summed E-state index contributed by atoms with van der Waals surface area (Å²) < 4.78 is 7.56. The van der Waals surface area contributed by atoms with Crippen LogP contribution in [0.4, 0.5) is 0 Å². The van der Waals surface area contributed by atoms with Crippen LogP contribution in [0.5, 0.6) is 5.75 Å². The number of likely N-dealkylation sites (tertiary alicyclic amines) is 1. The molecule has 1 saturated heterocycles. The maximum Gasteiger partial charge on any atom is 0.253 e. The first-order valence-corrected chi connectivity index (χ1v) is 8.62. The zero-order chi connectivity index (χ0) is 17.1. The molecule has 2 aromatic rings. The van der Waals surface area contributed by atoms with Crippen LogP contribution in [0, 0.1) is 13.8 Å². The zero-order valence-corrected chi connectivity index (χ0v) is 14.7. The van der Waals surface area contributed by atoms with E-state index in [0.29, 0.717) is 13.2 Å². The second-order valence-corrected chi connectivity index (χ2v) is 6.46. The quantitative estimate of drug-likeness (QED) is 0.865. The topological polar surface area (TPSA) is 47.4 Å². The monoisotopic (exact) mass is 327 g/mol. The van der Waals surface area contributed by atoms with Gasteiger partial charge in [-0.05, 0) is 62.9 Å². The predicted molar refractivity (Wildman–Crippen MR) is 93.5 cm³/mol. The van der Waals surface area contributed by atoms with Crippen molar-refractivity contribution in [3.8, 4) is 5.75 Å². The number of ether oxygens (including phenoxy) is 1. The number of hydrogen-bond donors (Lipinski definition) is 0. The van der Waals surface area contributed by atoms with Crippen molar-refractivity contribution in [3.63, 3.8) is 0 Å². The van der Waals surface area contributed by atoms with Gasteiger partial charge < -0.3 is 9.64 Å². The van der Waals surface area contributed by atoms with Crippen molar-refractivity contribution in [2.24, 2.45) is 0 Å². The summed E-state index contributed by atoms with van der Waals surface area (Å²) in [6.45, 7) is 8.13. The summed E-state index contributed by atoms with van der Waals surface area (Å²) in [5, 5.41) is 4.41. The van der Waals surface area contributed by atoms with E-state index < -0.39 is 0 Å². The number of aromatic nitrogens is 2. The summed E-state index contributed by atoms with van der Waals surface area (Å²) in [4.78, 5) is 14.8. The number of piperidine rings is 1. The van der Waals surface area contributed by atoms with E-state index in [1.165, 1.54) is 0 Å². The standard InChI is InChI=1S/C19H25N3O2/c1-4-24-18-8-7-16(10-15(18)3)19(23)21-9-5-6-17(13-21)22-12-14(2)11-20-22/h7-8,10-12,17H,4-6,9,13H2,1-3H3. The Morgan fingerprint density at radius 1 is 1.38 bits per heavy atom. The van der Waals surface area contributed by atoms with Crippen LogP contribution in [-0.4, -0.2) is 40.3 Å². The second-order valence-electron chi connectivity index (χ2n) is 6.46. The number of carbonyl (C=O) groups is 1. The van der Waals surface area contributed by atoms with Gasteiger partial charge in [-0.2, -0.15) is 5.10 Å². The lowest BCUT2D eigenvalue weighted by Gasteiger charge is -2.33. The van der Waals surface area contributed by atoms with Gasteiger partial charge in [-0.25, -0.2) is 0 Å². The molecule has 0 N–H and O–H groups in total. The third-order valence-electron chi connectivity index (χ3n) is 4.51. The minimum Gasteiger partial charge on any atom is -0.494 e. The van der Waals surface area contributed by atoms with Crippen molar-refractivity contribution in [3.05, 3.63) is 47.3 Å². The maximum absolute atomic E-state index is 12.9. The molecule has 5 nitrogen and oxygen atoms in total. The van der Waals surface area contributed by atoms with Crippen LogP contribution >= 0.6 is 0 Å². The van der Waals surface area contributed by atoms with Crippen molar-refractivity contribution < 1.29 is 9.53 Å². The molecule has 1 fully saturated rings. The Bertz CT molecular complexity index is 723. The van der Waals surface area contributed by atoms with Gasteiger partial charge in [-0.3, -0.25) is 9.48 Å². The van der Waals surface area contributed by atoms with Gasteiger partial charge in [-0.15, -0.1) is 0 Å². The Labute approximate surface area is 143 Å². The van der Waals surface area contributed by atoms with Crippen LogP contribution < -0.4 is 4.74 Å². The number of hydrogen-bond acceptors (Lipinski definition) is 3. The van der Waals surface area contributed by atoms with Crippen molar-refractivity contribution >= 4 is 5.91 Å². The fraction of sp³-hybridized carbons (Fsp3) is 0.474. The summed E-state index contributed by atoms with van der Waals surface area (Å²) >= 11 is 0. The lowest BCUT2D eigenvalue weighted by atomic mass is 10.0. The highest BCUT2D eigenvalue weighted by molar-refractivity contribution is 5.94. The SMILES string of the molecule is CCOc1ccc(C(=O)N2CCCC(n3cc(C)cn3)C2)cc1C. The number of carbonyl (C=O) groups excluding carboxylic acids is 1. The first kappa shape index (κ1) is 16.6. The van der Waals surface area contributed by atoms with Gasteiger partial charge in [0.25, 0.3) is 5.91 Å². The summed E-state index contributed by atoms with van der Waals surface area (Å²) in [5.74, 6) is 0.937. The predicted octanol–water partition coefficient (Wildman–Crippen LogP) is 3.38. The van der Waals surface area contributed by atoms with E-state index in [-0.39, 0.29) is 11.9 Å². The van der Waals surface area contributed by atoms with Gasteiger partial charge in [-0.1, -0.05) is 0 Å². The molecule has 1 unspecified atom stereocenters. The number of nitrogens with zero attached hydrogens (tertiary/aromatic N) is 3. The molecular formula is C19H25N3O2. The van der Waals surface area contributed by atoms with Crippen LogP contribution in [0.1, 0.15) is 47.3 Å². The molecule has 1 amide bonds. The average molecular weight is 327 g/mol. The van der Waals surface area contributed by atoms with Crippen LogP contribution in [-0.2, 0) is 0 Å². The number of rotatable bonds is 4. The van der Waals surface area contributed by atoms with Gasteiger partial charge in [0.2, 0.25) is 0 Å². The molecule has 1 atom stereocenters. The van der Waals surface area contributed by atoms with Crippen LogP contribution in [0.15, 0.2) is 30.6 Å². The van der Waals surface area contributed by atoms with Gasteiger partial charge in [0.1, 0.15) is 5.75 Å². The highest BCUT2D eigenvalue weighted by atomic mass is 16.5. The number of amides is 1. The molecule has 0 radical (unpaired) electrons. The molecule has 24 heavy (non-hydrogen) atoms. The van der Waals surface area contributed by atoms with Crippen LogP contribution in [0.25, 0.3) is 0 Å². The van der Waals surface area contributed by atoms with Crippen molar-refractivity contribution in [1.82, 2.24) is 14.7 Å². The third kappa shape index (κ3) is 3.45. The minimum atomic E-state index is 0.0923. The molecule has 0 saturated carbocycles. The number of benzene rings is 1. The van der Waals surface area contributed by atoms with E-state index in [1.54, 1.807) is 0 Å². The van der Waals surface area contributed by atoms with Gasteiger partial charge in [0.05, 0.1) is 18.8 Å². The van der Waals surface area contributed by atoms with E-state index in [2.05, 4.69) is 11.3 Å². The van der Waals surface area contributed by atoms with Crippen LogP contribution in [0.3, 0.4) is 0 Å². The van der Waals surface area contributed by atoms with Crippen molar-refractivity contribution in [2.75, 3.05) is 19.7 Å². The first-order valence-electron chi connectivity index (χ1n) is 8.62. The van der Waals surface area contributed by atoms with Gasteiger partial charge in [0.15, 0.2) is 0 Å².